The summed E-state index contributed by atoms with van der Waals surface area (Å²) in [6, 6.07) is 8.09. The molecule has 1 aliphatic heterocycles. The van der Waals surface area contributed by atoms with Crippen LogP contribution in [0.4, 0.5) is 4.79 Å². The second kappa shape index (κ2) is 6.21. The van der Waals surface area contributed by atoms with Crippen molar-refractivity contribution in [3.05, 3.63) is 41.5 Å². The Morgan fingerprint density at radius 3 is 2.40 bits per heavy atom. The Kier molecular flexibility index (Phi) is 4.35. The standard InChI is InChI=1S/C20H26N2O3/c1-19(2,3)25-18(24)22-11-9-20(10-12-22)13-15(17(23)21-4)14-7-5-6-8-16(14)20/h5-8,13H,9-12H2,1-4H3,(H,21,23). The first-order valence-corrected chi connectivity index (χ1v) is 8.78. The van der Waals surface area contributed by atoms with E-state index in [9.17, 15) is 9.59 Å². The van der Waals surface area contributed by atoms with E-state index in [1.165, 1.54) is 5.56 Å². The highest BCUT2D eigenvalue weighted by atomic mass is 16.6. The number of benzene rings is 1. The zero-order valence-corrected chi connectivity index (χ0v) is 15.4. The van der Waals surface area contributed by atoms with Gasteiger partial charge >= 0.3 is 6.09 Å². The van der Waals surface area contributed by atoms with Crippen molar-refractivity contribution in [3.8, 4) is 0 Å². The number of carbonyl (C=O) groups is 2. The number of hydrogen-bond acceptors (Lipinski definition) is 3. The van der Waals surface area contributed by atoms with Crippen LogP contribution in [-0.4, -0.2) is 42.6 Å². The van der Waals surface area contributed by atoms with E-state index in [1.54, 1.807) is 11.9 Å². The summed E-state index contributed by atoms with van der Waals surface area (Å²) in [5, 5.41) is 2.73. The molecule has 1 aromatic carbocycles. The Labute approximate surface area is 149 Å². The third-order valence-corrected chi connectivity index (χ3v) is 4.95. The summed E-state index contributed by atoms with van der Waals surface area (Å²) < 4.78 is 5.48. The number of rotatable bonds is 1. The molecule has 0 aromatic heterocycles. The molecule has 2 amide bonds. The number of likely N-dealkylation sites (N-methyl/N-ethyl adjacent to an activating group) is 1. The van der Waals surface area contributed by atoms with Crippen LogP contribution in [0.25, 0.3) is 5.57 Å². The first kappa shape index (κ1) is 17.5. The van der Waals surface area contributed by atoms with Crippen LogP contribution >= 0.6 is 0 Å². The lowest BCUT2D eigenvalue weighted by atomic mass is 9.74. The SMILES string of the molecule is CNC(=O)C1=CC2(CCN(C(=O)OC(C)(C)C)CC2)c2ccccc21. The van der Waals surface area contributed by atoms with E-state index in [-0.39, 0.29) is 17.4 Å². The van der Waals surface area contributed by atoms with Crippen LogP contribution in [0.15, 0.2) is 30.3 Å². The number of fused-ring (bicyclic) bond motifs is 2. The Morgan fingerprint density at radius 1 is 1.16 bits per heavy atom. The molecule has 1 aliphatic carbocycles. The van der Waals surface area contributed by atoms with E-state index >= 15 is 0 Å². The van der Waals surface area contributed by atoms with Crippen LogP contribution in [0.2, 0.25) is 0 Å². The summed E-state index contributed by atoms with van der Waals surface area (Å²) in [5.74, 6) is -0.0566. The number of amides is 2. The molecule has 0 atom stereocenters. The molecule has 0 saturated carbocycles. The van der Waals surface area contributed by atoms with E-state index in [0.717, 1.165) is 24.0 Å². The Balaban J connectivity index is 1.82. The fourth-order valence-electron chi connectivity index (χ4n) is 3.73. The van der Waals surface area contributed by atoms with Gasteiger partial charge in [-0.25, -0.2) is 4.79 Å². The molecule has 1 aromatic rings. The van der Waals surface area contributed by atoms with Crippen molar-refractivity contribution in [3.63, 3.8) is 0 Å². The van der Waals surface area contributed by atoms with Crippen LogP contribution in [0, 0.1) is 0 Å². The fraction of sp³-hybridized carbons (Fsp3) is 0.500. The number of allylic oxidation sites excluding steroid dienone is 1. The molecule has 25 heavy (non-hydrogen) atoms. The normalized spacial score (nSPS) is 18.6. The van der Waals surface area contributed by atoms with Crippen molar-refractivity contribution >= 4 is 17.6 Å². The maximum absolute atomic E-state index is 12.3. The van der Waals surface area contributed by atoms with E-state index < -0.39 is 5.60 Å². The first-order chi connectivity index (χ1) is 11.8. The second-order valence-corrected chi connectivity index (χ2v) is 7.81. The number of nitrogens with one attached hydrogen (secondary N) is 1. The molecule has 1 spiro atoms. The molecular formula is C20H26N2O3. The van der Waals surface area contributed by atoms with Gasteiger partial charge in [-0.1, -0.05) is 30.3 Å². The average molecular weight is 342 g/mol. The van der Waals surface area contributed by atoms with Crippen molar-refractivity contribution in [1.82, 2.24) is 10.2 Å². The molecule has 5 nitrogen and oxygen atoms in total. The van der Waals surface area contributed by atoms with Crippen molar-refractivity contribution in [2.45, 2.75) is 44.6 Å². The molecule has 0 radical (unpaired) electrons. The topological polar surface area (TPSA) is 58.6 Å². The number of ether oxygens (including phenoxy) is 1. The minimum absolute atomic E-state index is 0.0566. The van der Waals surface area contributed by atoms with E-state index in [0.29, 0.717) is 13.1 Å². The molecule has 1 fully saturated rings. The second-order valence-electron chi connectivity index (χ2n) is 7.81. The van der Waals surface area contributed by atoms with Gasteiger partial charge in [-0.2, -0.15) is 0 Å². The van der Waals surface area contributed by atoms with Gasteiger partial charge in [-0.05, 0) is 44.7 Å². The average Bonchev–Trinajstić information content (AvgIpc) is 2.88. The highest BCUT2D eigenvalue weighted by Gasteiger charge is 2.43. The molecule has 2 aliphatic rings. The summed E-state index contributed by atoms with van der Waals surface area (Å²) in [6.45, 7) is 6.88. The van der Waals surface area contributed by atoms with Gasteiger partial charge < -0.3 is 15.0 Å². The number of carbonyl (C=O) groups excluding carboxylic acids is 2. The zero-order chi connectivity index (χ0) is 18.2. The molecule has 1 saturated heterocycles. The molecule has 1 heterocycles. The predicted octanol–water partition coefficient (Wildman–Crippen LogP) is 3.10. The maximum Gasteiger partial charge on any atom is 0.410 e. The van der Waals surface area contributed by atoms with Crippen LogP contribution in [0.5, 0.6) is 0 Å². The van der Waals surface area contributed by atoms with Gasteiger partial charge in [-0.15, -0.1) is 0 Å². The minimum atomic E-state index is -0.488. The monoisotopic (exact) mass is 342 g/mol. The summed E-state index contributed by atoms with van der Waals surface area (Å²) >= 11 is 0. The number of likely N-dealkylation sites (tertiary alicyclic amines) is 1. The van der Waals surface area contributed by atoms with Gasteiger partial charge in [0.25, 0.3) is 5.91 Å². The Morgan fingerprint density at radius 2 is 1.80 bits per heavy atom. The minimum Gasteiger partial charge on any atom is -0.444 e. The van der Waals surface area contributed by atoms with Gasteiger partial charge in [0.2, 0.25) is 0 Å². The molecule has 134 valence electrons. The lowest BCUT2D eigenvalue weighted by molar-refractivity contribution is -0.115. The highest BCUT2D eigenvalue weighted by Crippen LogP contribution is 2.47. The molecule has 0 unspecified atom stereocenters. The van der Waals surface area contributed by atoms with Gasteiger partial charge in [0.05, 0.1) is 0 Å². The third kappa shape index (κ3) is 3.28. The number of hydrogen-bond donors (Lipinski definition) is 1. The largest absolute Gasteiger partial charge is 0.444 e. The summed E-state index contributed by atoms with van der Waals surface area (Å²) in [4.78, 5) is 26.3. The molecule has 1 N–H and O–H groups in total. The zero-order valence-electron chi connectivity index (χ0n) is 15.4. The Bertz CT molecular complexity index is 723. The smallest absolute Gasteiger partial charge is 0.410 e. The van der Waals surface area contributed by atoms with E-state index in [1.807, 2.05) is 39.0 Å². The van der Waals surface area contributed by atoms with Crippen LogP contribution in [-0.2, 0) is 14.9 Å². The van der Waals surface area contributed by atoms with Gasteiger partial charge in [0, 0.05) is 31.1 Å². The van der Waals surface area contributed by atoms with Gasteiger partial charge in [-0.3, -0.25) is 4.79 Å². The van der Waals surface area contributed by atoms with Crippen LogP contribution in [0.1, 0.15) is 44.7 Å². The maximum atomic E-state index is 12.3. The van der Waals surface area contributed by atoms with Gasteiger partial charge in [0.15, 0.2) is 0 Å². The van der Waals surface area contributed by atoms with Crippen molar-refractivity contribution < 1.29 is 14.3 Å². The van der Waals surface area contributed by atoms with Gasteiger partial charge in [0.1, 0.15) is 5.60 Å². The summed E-state index contributed by atoms with van der Waals surface area (Å²) in [5.41, 5.74) is 2.28. The van der Waals surface area contributed by atoms with Crippen LogP contribution < -0.4 is 5.32 Å². The van der Waals surface area contributed by atoms with E-state index in [2.05, 4.69) is 17.5 Å². The molecular weight excluding hydrogens is 316 g/mol. The van der Waals surface area contributed by atoms with Crippen LogP contribution in [0.3, 0.4) is 0 Å². The third-order valence-electron chi connectivity index (χ3n) is 4.95. The number of piperidine rings is 1. The Hall–Kier alpha value is -2.30. The molecule has 0 bridgehead atoms. The fourth-order valence-corrected chi connectivity index (χ4v) is 3.73. The first-order valence-electron chi connectivity index (χ1n) is 8.78. The highest BCUT2D eigenvalue weighted by molar-refractivity contribution is 6.21. The molecule has 3 rings (SSSR count). The number of nitrogens with zero attached hydrogens (tertiary/aromatic N) is 1. The van der Waals surface area contributed by atoms with Crippen molar-refractivity contribution in [1.29, 1.82) is 0 Å². The molecule has 5 heteroatoms. The summed E-state index contributed by atoms with van der Waals surface area (Å²) in [7, 11) is 1.65. The summed E-state index contributed by atoms with van der Waals surface area (Å²) in [6.07, 6.45) is 3.43. The van der Waals surface area contributed by atoms with Crippen molar-refractivity contribution in [2.24, 2.45) is 0 Å². The quantitative estimate of drug-likeness (QED) is 0.853. The lowest BCUT2D eigenvalue weighted by Crippen LogP contribution is -2.45. The predicted molar refractivity (Wildman–Crippen MR) is 97.2 cm³/mol. The lowest BCUT2D eigenvalue weighted by Gasteiger charge is -2.39. The van der Waals surface area contributed by atoms with Crippen molar-refractivity contribution in [2.75, 3.05) is 20.1 Å². The van der Waals surface area contributed by atoms with E-state index in [4.69, 9.17) is 4.74 Å².